The molecule has 0 atom stereocenters. The van der Waals surface area contributed by atoms with Crippen molar-refractivity contribution in [2.45, 2.75) is 0 Å². The van der Waals surface area contributed by atoms with Gasteiger partial charge in [0.2, 0.25) is 0 Å². The smallest absolute Gasteiger partial charge is 0.352 e. The Kier molecular flexibility index (Phi) is 5.18. The van der Waals surface area contributed by atoms with Crippen LogP contribution >= 0.6 is 0 Å². The quantitative estimate of drug-likeness (QED) is 0.205. The summed E-state index contributed by atoms with van der Waals surface area (Å²) in [5.74, 6) is 0.435. The maximum Gasteiger partial charge on any atom is 0.501 e. The van der Waals surface area contributed by atoms with Crippen molar-refractivity contribution < 1.29 is 16.8 Å². The van der Waals surface area contributed by atoms with Gasteiger partial charge in [-0.15, -0.1) is 8.42 Å². The van der Waals surface area contributed by atoms with Gasteiger partial charge in [-0.3, -0.25) is 0 Å². The minimum atomic E-state index is -4.45. The highest BCUT2D eigenvalue weighted by Gasteiger charge is 2.20. The highest BCUT2D eigenvalue weighted by molar-refractivity contribution is 7.82. The van der Waals surface area contributed by atoms with Gasteiger partial charge in [0.1, 0.15) is 0 Å². The first-order valence-corrected chi connectivity index (χ1v) is 14.7. The topological polar surface area (TPSA) is 52.6 Å². The molecule has 196 valence electrons. The SMILES string of the molecule is O=S(=O)(Oc1cccc2cc3cc4ccccc4cc3cc12)Oc1cccc2cc3cc4ccccc4cc3cc12. The van der Waals surface area contributed by atoms with Crippen molar-refractivity contribution >= 4 is 75.0 Å². The van der Waals surface area contributed by atoms with Gasteiger partial charge in [0.15, 0.2) is 11.5 Å². The molecular formula is C36H22O4S. The molecule has 0 aliphatic rings. The predicted octanol–water partition coefficient (Wildman–Crippen LogP) is 9.31. The zero-order valence-corrected chi connectivity index (χ0v) is 22.6. The fourth-order valence-electron chi connectivity index (χ4n) is 5.76. The van der Waals surface area contributed by atoms with Crippen LogP contribution < -0.4 is 8.37 Å². The molecule has 0 radical (unpaired) electrons. The van der Waals surface area contributed by atoms with Crippen molar-refractivity contribution in [3.05, 3.63) is 133 Å². The second kappa shape index (κ2) is 8.95. The summed E-state index contributed by atoms with van der Waals surface area (Å²) >= 11 is 0. The first-order valence-electron chi connectivity index (χ1n) is 13.3. The minimum absolute atomic E-state index is 0.217. The van der Waals surface area contributed by atoms with Crippen molar-refractivity contribution in [3.63, 3.8) is 0 Å². The van der Waals surface area contributed by atoms with Crippen LogP contribution in [0, 0.1) is 0 Å². The monoisotopic (exact) mass is 550 g/mol. The highest BCUT2D eigenvalue weighted by atomic mass is 32.3. The zero-order valence-electron chi connectivity index (χ0n) is 21.7. The maximum absolute atomic E-state index is 13.3. The molecule has 0 bridgehead atoms. The Morgan fingerprint density at radius 1 is 0.341 bits per heavy atom. The molecule has 0 aliphatic carbocycles. The van der Waals surface area contributed by atoms with Crippen LogP contribution in [0.4, 0.5) is 0 Å². The molecule has 0 saturated carbocycles. The van der Waals surface area contributed by atoms with Crippen LogP contribution in [-0.4, -0.2) is 8.42 Å². The number of hydrogen-bond donors (Lipinski definition) is 0. The first-order chi connectivity index (χ1) is 20.0. The summed E-state index contributed by atoms with van der Waals surface area (Å²) in [4.78, 5) is 0. The molecule has 8 aromatic rings. The molecule has 0 amide bonds. The molecule has 8 rings (SSSR count). The number of rotatable bonds is 4. The van der Waals surface area contributed by atoms with Crippen molar-refractivity contribution in [2.24, 2.45) is 0 Å². The summed E-state index contributed by atoms with van der Waals surface area (Å²) in [5, 5.41) is 11.8. The fourth-order valence-corrected chi connectivity index (χ4v) is 6.53. The van der Waals surface area contributed by atoms with Gasteiger partial charge in [-0.05, 0) is 115 Å². The van der Waals surface area contributed by atoms with E-state index in [1.807, 2.05) is 48.5 Å². The largest absolute Gasteiger partial charge is 0.501 e. The predicted molar refractivity (Wildman–Crippen MR) is 168 cm³/mol. The minimum Gasteiger partial charge on any atom is -0.352 e. The van der Waals surface area contributed by atoms with Gasteiger partial charge < -0.3 is 8.37 Å². The molecule has 0 unspecified atom stereocenters. The summed E-state index contributed by atoms with van der Waals surface area (Å²) < 4.78 is 37.8. The van der Waals surface area contributed by atoms with Crippen molar-refractivity contribution in [2.75, 3.05) is 0 Å². The molecule has 0 fully saturated rings. The van der Waals surface area contributed by atoms with E-state index in [4.69, 9.17) is 8.37 Å². The van der Waals surface area contributed by atoms with Gasteiger partial charge in [0.25, 0.3) is 0 Å². The summed E-state index contributed by atoms with van der Waals surface area (Å²) in [6, 6.07) is 43.7. The summed E-state index contributed by atoms with van der Waals surface area (Å²) in [7, 11) is -4.45. The van der Waals surface area contributed by atoms with Crippen molar-refractivity contribution in [1.82, 2.24) is 0 Å². The van der Waals surface area contributed by atoms with E-state index in [0.29, 0.717) is 10.8 Å². The Balaban J connectivity index is 1.19. The highest BCUT2D eigenvalue weighted by Crippen LogP contribution is 2.35. The molecule has 4 nitrogen and oxygen atoms in total. The lowest BCUT2D eigenvalue weighted by atomic mass is 9.99. The standard InChI is InChI=1S/C36H22O4S/c37-41(38,39-35-13-5-11-27-19-29-15-23-7-1-3-9-25(23)17-31(29)21-33(27)35)40-36-14-6-12-28-20-30-16-24-8-2-4-10-26(24)18-32(30)22-34(28)36/h1-22H. The van der Waals surface area contributed by atoms with E-state index in [0.717, 1.165) is 53.9 Å². The lowest BCUT2D eigenvalue weighted by Crippen LogP contribution is -2.16. The lowest BCUT2D eigenvalue weighted by Gasteiger charge is -2.13. The van der Waals surface area contributed by atoms with Gasteiger partial charge >= 0.3 is 10.4 Å². The van der Waals surface area contributed by atoms with Crippen molar-refractivity contribution in [1.29, 1.82) is 0 Å². The Morgan fingerprint density at radius 3 is 1.05 bits per heavy atom. The van der Waals surface area contributed by atoms with Crippen LogP contribution in [-0.2, 0) is 10.4 Å². The number of hydrogen-bond acceptors (Lipinski definition) is 4. The third-order valence-corrected chi connectivity index (χ3v) is 8.48. The van der Waals surface area contributed by atoms with Gasteiger partial charge in [-0.25, -0.2) is 0 Å². The van der Waals surface area contributed by atoms with E-state index in [-0.39, 0.29) is 11.5 Å². The maximum atomic E-state index is 13.3. The van der Waals surface area contributed by atoms with Crippen LogP contribution in [0.1, 0.15) is 0 Å². The summed E-state index contributed by atoms with van der Waals surface area (Å²) in [6.45, 7) is 0. The molecule has 0 heterocycles. The Bertz CT molecular complexity index is 2280. The van der Waals surface area contributed by atoms with Crippen LogP contribution in [0.3, 0.4) is 0 Å². The molecule has 0 aromatic heterocycles. The summed E-state index contributed by atoms with van der Waals surface area (Å²) in [6.07, 6.45) is 0. The van der Waals surface area contributed by atoms with Gasteiger partial charge in [-0.2, -0.15) is 0 Å². The van der Waals surface area contributed by atoms with Gasteiger partial charge in [0.05, 0.1) is 0 Å². The molecular weight excluding hydrogens is 528 g/mol. The molecule has 0 saturated heterocycles. The first kappa shape index (κ1) is 23.7. The Labute approximate surface area is 236 Å². The van der Waals surface area contributed by atoms with E-state index in [1.54, 1.807) is 24.3 Å². The summed E-state index contributed by atoms with van der Waals surface area (Å²) in [5.41, 5.74) is 0. The average Bonchev–Trinajstić information content (AvgIpc) is 2.97. The van der Waals surface area contributed by atoms with Crippen molar-refractivity contribution in [3.8, 4) is 11.5 Å². The Morgan fingerprint density at radius 2 is 0.659 bits per heavy atom. The second-order valence-electron chi connectivity index (χ2n) is 10.3. The van der Waals surface area contributed by atoms with Crippen LogP contribution in [0.5, 0.6) is 11.5 Å². The Hall–Kier alpha value is -5.13. The number of fused-ring (bicyclic) bond motifs is 6. The second-order valence-corrected chi connectivity index (χ2v) is 11.5. The van der Waals surface area contributed by atoms with E-state index in [1.165, 1.54) is 0 Å². The molecule has 5 heteroatoms. The molecule has 8 aromatic carbocycles. The van der Waals surface area contributed by atoms with Gasteiger partial charge in [0, 0.05) is 10.8 Å². The number of benzene rings is 8. The van der Waals surface area contributed by atoms with E-state index >= 15 is 0 Å². The van der Waals surface area contributed by atoms with Gasteiger partial charge in [-0.1, -0.05) is 72.8 Å². The molecule has 41 heavy (non-hydrogen) atoms. The average molecular weight is 551 g/mol. The molecule has 0 aliphatic heterocycles. The lowest BCUT2D eigenvalue weighted by molar-refractivity contribution is 0.396. The molecule has 0 N–H and O–H groups in total. The van der Waals surface area contributed by atoms with E-state index < -0.39 is 10.4 Å². The molecule has 0 spiro atoms. The van der Waals surface area contributed by atoms with Crippen LogP contribution in [0.15, 0.2) is 133 Å². The normalized spacial score (nSPS) is 12.1. The van der Waals surface area contributed by atoms with Crippen LogP contribution in [0.2, 0.25) is 0 Å². The van der Waals surface area contributed by atoms with E-state index in [2.05, 4.69) is 60.7 Å². The fraction of sp³-hybridized carbons (Fsp3) is 0. The van der Waals surface area contributed by atoms with Crippen LogP contribution in [0.25, 0.3) is 64.6 Å². The third kappa shape index (κ3) is 4.19. The zero-order chi connectivity index (χ0) is 27.6. The third-order valence-electron chi connectivity index (χ3n) is 7.71. The van der Waals surface area contributed by atoms with E-state index in [9.17, 15) is 8.42 Å².